The van der Waals surface area contributed by atoms with Gasteiger partial charge in [0.15, 0.2) is 0 Å². The first-order valence-corrected chi connectivity index (χ1v) is 7.14. The van der Waals surface area contributed by atoms with Gasteiger partial charge in [0, 0.05) is 0 Å². The van der Waals surface area contributed by atoms with Crippen LogP contribution in [-0.2, 0) is 9.59 Å². The molecule has 5 heteroatoms. The van der Waals surface area contributed by atoms with Crippen molar-refractivity contribution in [3.05, 3.63) is 35.4 Å². The highest BCUT2D eigenvalue weighted by atomic mass is 35.5. The fourth-order valence-electron chi connectivity index (χ4n) is 2.56. The van der Waals surface area contributed by atoms with Gasteiger partial charge in [0.25, 0.3) is 0 Å². The zero-order valence-corrected chi connectivity index (χ0v) is 12.1. The minimum Gasteiger partial charge on any atom is -0.480 e. The third-order valence-electron chi connectivity index (χ3n) is 3.83. The molecule has 2 N–H and O–H groups in total. The van der Waals surface area contributed by atoms with Gasteiger partial charge < -0.3 is 10.4 Å². The predicted octanol–water partition coefficient (Wildman–Crippen LogP) is 2.79. The van der Waals surface area contributed by atoms with Gasteiger partial charge >= 0.3 is 5.97 Å². The van der Waals surface area contributed by atoms with Gasteiger partial charge in [-0.3, -0.25) is 4.79 Å². The van der Waals surface area contributed by atoms with Gasteiger partial charge in [-0.1, -0.05) is 42.7 Å². The molecule has 0 aliphatic heterocycles. The maximum atomic E-state index is 12.2. The summed E-state index contributed by atoms with van der Waals surface area (Å²) in [5, 5.41) is 11.1. The van der Waals surface area contributed by atoms with E-state index in [0.717, 1.165) is 18.4 Å². The number of benzene rings is 1. The van der Waals surface area contributed by atoms with Crippen LogP contribution in [0.5, 0.6) is 0 Å². The van der Waals surface area contributed by atoms with Gasteiger partial charge in [0.2, 0.25) is 5.91 Å². The van der Waals surface area contributed by atoms with E-state index in [1.165, 1.54) is 0 Å². The van der Waals surface area contributed by atoms with Crippen LogP contribution >= 0.6 is 11.6 Å². The van der Waals surface area contributed by atoms with Crippen molar-refractivity contribution in [2.45, 2.75) is 43.5 Å². The highest BCUT2D eigenvalue weighted by Crippen LogP contribution is 2.31. The van der Waals surface area contributed by atoms with Crippen LogP contribution in [0, 0.1) is 6.92 Å². The highest BCUT2D eigenvalue weighted by Gasteiger charge is 2.43. The van der Waals surface area contributed by atoms with E-state index in [0.29, 0.717) is 18.4 Å². The quantitative estimate of drug-likeness (QED) is 0.839. The molecule has 1 amide bonds. The molecule has 0 spiro atoms. The van der Waals surface area contributed by atoms with Crippen molar-refractivity contribution in [1.82, 2.24) is 5.32 Å². The Kier molecular flexibility index (Phi) is 4.33. The number of rotatable bonds is 4. The fraction of sp³-hybridized carbons (Fsp3) is 0.467. The first kappa shape index (κ1) is 14.9. The summed E-state index contributed by atoms with van der Waals surface area (Å²) in [6.07, 6.45) is 2.55. The summed E-state index contributed by atoms with van der Waals surface area (Å²) in [5.41, 5.74) is 0.610. The summed E-state index contributed by atoms with van der Waals surface area (Å²) in [6, 6.07) is 7.32. The Labute approximate surface area is 123 Å². The molecule has 1 fully saturated rings. The van der Waals surface area contributed by atoms with Crippen LogP contribution in [0.2, 0.25) is 0 Å². The average Bonchev–Trinajstić information content (AvgIpc) is 2.88. The van der Waals surface area contributed by atoms with E-state index in [1.807, 2.05) is 19.1 Å². The van der Waals surface area contributed by atoms with E-state index in [-0.39, 0.29) is 0 Å². The van der Waals surface area contributed by atoms with E-state index in [4.69, 9.17) is 11.6 Å². The maximum Gasteiger partial charge on any atom is 0.329 e. The molecule has 1 saturated carbocycles. The van der Waals surface area contributed by atoms with Gasteiger partial charge in [-0.25, -0.2) is 4.79 Å². The van der Waals surface area contributed by atoms with Gasteiger partial charge in [-0.05, 0) is 25.3 Å². The summed E-state index contributed by atoms with van der Waals surface area (Å²) in [4.78, 5) is 23.6. The molecular formula is C15H18ClNO3. The molecule has 1 unspecified atom stereocenters. The minimum atomic E-state index is -1.14. The van der Waals surface area contributed by atoms with E-state index < -0.39 is 22.8 Å². The predicted molar refractivity (Wildman–Crippen MR) is 76.8 cm³/mol. The van der Waals surface area contributed by atoms with Gasteiger partial charge in [-0.2, -0.15) is 0 Å². The SMILES string of the molecule is Cc1ccc(C(Cl)C(=O)NC2(C(=O)O)CCCC2)cc1. The monoisotopic (exact) mass is 295 g/mol. The van der Waals surface area contributed by atoms with Gasteiger partial charge in [0.05, 0.1) is 0 Å². The average molecular weight is 296 g/mol. The van der Waals surface area contributed by atoms with Crippen molar-refractivity contribution in [1.29, 1.82) is 0 Å². The summed E-state index contributed by atoms with van der Waals surface area (Å²) in [5.74, 6) is -1.42. The first-order chi connectivity index (χ1) is 9.44. The van der Waals surface area contributed by atoms with Crippen LogP contribution in [0.15, 0.2) is 24.3 Å². The van der Waals surface area contributed by atoms with Crippen molar-refractivity contribution < 1.29 is 14.7 Å². The number of halogens is 1. The van der Waals surface area contributed by atoms with Crippen molar-refractivity contribution in [3.63, 3.8) is 0 Å². The zero-order valence-electron chi connectivity index (χ0n) is 11.4. The third kappa shape index (κ3) is 2.96. The standard InChI is InChI=1S/C15H18ClNO3/c1-10-4-6-11(7-5-10)12(16)13(18)17-15(14(19)20)8-2-3-9-15/h4-7,12H,2-3,8-9H2,1H3,(H,17,18)(H,19,20). The molecule has 0 heterocycles. The topological polar surface area (TPSA) is 66.4 Å². The smallest absolute Gasteiger partial charge is 0.329 e. The Morgan fingerprint density at radius 1 is 1.25 bits per heavy atom. The number of aryl methyl sites for hydroxylation is 1. The molecule has 1 atom stereocenters. The Balaban J connectivity index is 2.11. The molecule has 1 aliphatic carbocycles. The number of aliphatic carboxylic acids is 1. The molecular weight excluding hydrogens is 278 g/mol. The number of carbonyl (C=O) groups is 2. The molecule has 20 heavy (non-hydrogen) atoms. The van der Waals surface area contributed by atoms with E-state index in [2.05, 4.69) is 5.32 Å². The summed E-state index contributed by atoms with van der Waals surface area (Å²) in [7, 11) is 0. The number of carboxylic acids is 1. The molecule has 0 aromatic heterocycles. The van der Waals surface area contributed by atoms with Crippen molar-refractivity contribution >= 4 is 23.5 Å². The van der Waals surface area contributed by atoms with Crippen LogP contribution in [0.3, 0.4) is 0 Å². The number of hydrogen-bond acceptors (Lipinski definition) is 2. The molecule has 2 rings (SSSR count). The molecule has 0 bridgehead atoms. The van der Waals surface area contributed by atoms with Crippen LogP contribution in [-0.4, -0.2) is 22.5 Å². The minimum absolute atomic E-state index is 0.445. The van der Waals surface area contributed by atoms with Crippen molar-refractivity contribution in [2.24, 2.45) is 0 Å². The summed E-state index contributed by atoms with van der Waals surface area (Å²) >= 11 is 6.15. The Bertz CT molecular complexity index is 506. The van der Waals surface area contributed by atoms with Gasteiger partial charge in [0.1, 0.15) is 10.9 Å². The molecule has 0 saturated heterocycles. The van der Waals surface area contributed by atoms with Crippen LogP contribution < -0.4 is 5.32 Å². The lowest BCUT2D eigenvalue weighted by Crippen LogP contribution is -2.53. The van der Waals surface area contributed by atoms with Crippen LogP contribution in [0.4, 0.5) is 0 Å². The largest absolute Gasteiger partial charge is 0.480 e. The Hall–Kier alpha value is -1.55. The lowest BCUT2D eigenvalue weighted by molar-refractivity contribution is -0.147. The summed E-state index contributed by atoms with van der Waals surface area (Å²) < 4.78 is 0. The molecule has 0 radical (unpaired) electrons. The van der Waals surface area contributed by atoms with Crippen LogP contribution in [0.25, 0.3) is 0 Å². The second-order valence-corrected chi connectivity index (χ2v) is 5.79. The molecule has 108 valence electrons. The molecule has 1 aromatic carbocycles. The number of carboxylic acid groups (broad SMARTS) is 1. The second kappa shape index (κ2) is 5.83. The van der Waals surface area contributed by atoms with E-state index in [1.54, 1.807) is 12.1 Å². The third-order valence-corrected chi connectivity index (χ3v) is 4.28. The molecule has 4 nitrogen and oxygen atoms in total. The Morgan fingerprint density at radius 2 is 1.80 bits per heavy atom. The van der Waals surface area contributed by atoms with Crippen molar-refractivity contribution in [2.75, 3.05) is 0 Å². The fourth-order valence-corrected chi connectivity index (χ4v) is 2.76. The van der Waals surface area contributed by atoms with E-state index >= 15 is 0 Å². The van der Waals surface area contributed by atoms with Crippen LogP contribution in [0.1, 0.15) is 42.2 Å². The number of nitrogens with one attached hydrogen (secondary N) is 1. The lowest BCUT2D eigenvalue weighted by atomic mass is 9.97. The maximum absolute atomic E-state index is 12.2. The van der Waals surface area contributed by atoms with Crippen molar-refractivity contribution in [3.8, 4) is 0 Å². The molecule has 1 aliphatic rings. The molecule has 1 aromatic rings. The lowest BCUT2D eigenvalue weighted by Gasteiger charge is -2.26. The van der Waals surface area contributed by atoms with E-state index in [9.17, 15) is 14.7 Å². The highest BCUT2D eigenvalue weighted by molar-refractivity contribution is 6.31. The number of carbonyl (C=O) groups excluding carboxylic acids is 1. The Morgan fingerprint density at radius 3 is 2.30 bits per heavy atom. The normalized spacial score (nSPS) is 18.5. The number of hydrogen-bond donors (Lipinski definition) is 2. The first-order valence-electron chi connectivity index (χ1n) is 6.71. The van der Waals surface area contributed by atoms with Gasteiger partial charge in [-0.15, -0.1) is 11.6 Å². The number of amides is 1. The zero-order chi connectivity index (χ0) is 14.8. The summed E-state index contributed by atoms with van der Waals surface area (Å²) in [6.45, 7) is 1.95. The second-order valence-electron chi connectivity index (χ2n) is 5.36. The number of alkyl halides is 1.